The van der Waals surface area contributed by atoms with Gasteiger partial charge in [-0.1, -0.05) is 0 Å². The molecule has 0 amide bonds. The first-order valence-electron chi connectivity index (χ1n) is 12.6. The lowest BCUT2D eigenvalue weighted by molar-refractivity contribution is -0.137. The Bertz CT molecular complexity index is 1640. The molecule has 0 saturated carbocycles. The van der Waals surface area contributed by atoms with Crippen LogP contribution < -0.4 is 5.32 Å². The van der Waals surface area contributed by atoms with E-state index < -0.39 is 50.3 Å². The second-order valence-corrected chi connectivity index (χ2v) is 12.1. The molecule has 0 spiro atoms. The third-order valence-electron chi connectivity index (χ3n) is 7.62. The largest absolute Gasteiger partial charge is 0.416 e. The van der Waals surface area contributed by atoms with Crippen LogP contribution in [0, 0.1) is 27.3 Å². The highest BCUT2D eigenvalue weighted by atomic mass is 32.2. The predicted molar refractivity (Wildman–Crippen MR) is 141 cm³/mol. The zero-order valence-corrected chi connectivity index (χ0v) is 22.6. The Hall–Kier alpha value is -3.98. The molecule has 3 N–H and O–H groups in total. The van der Waals surface area contributed by atoms with Gasteiger partial charge in [0, 0.05) is 43.9 Å². The normalized spacial score (nSPS) is 23.0. The molecule has 2 unspecified atom stereocenters. The molecular formula is C26H26F4N8O2S. The van der Waals surface area contributed by atoms with E-state index in [0.717, 1.165) is 23.3 Å². The van der Waals surface area contributed by atoms with E-state index in [9.17, 15) is 26.6 Å². The summed E-state index contributed by atoms with van der Waals surface area (Å²) in [7, 11) is -2.20. The maximum atomic E-state index is 14.2. The van der Waals surface area contributed by atoms with Gasteiger partial charge in [0.05, 0.1) is 17.2 Å². The van der Waals surface area contributed by atoms with Gasteiger partial charge in [-0.15, -0.1) is 5.10 Å². The topological polar surface area (TPSA) is 141 Å². The number of aryl methyl sites for hydroxylation is 1. The van der Waals surface area contributed by atoms with Crippen LogP contribution in [0.1, 0.15) is 35.3 Å². The van der Waals surface area contributed by atoms with E-state index in [2.05, 4.69) is 20.5 Å². The quantitative estimate of drug-likeness (QED) is 0.207. The zero-order chi connectivity index (χ0) is 29.6. The van der Waals surface area contributed by atoms with E-state index >= 15 is 0 Å². The van der Waals surface area contributed by atoms with Gasteiger partial charge in [-0.3, -0.25) is 9.78 Å². The number of nitrogens with zero attached hydrogens (tertiary/aromatic N) is 5. The van der Waals surface area contributed by atoms with Crippen molar-refractivity contribution in [3.63, 3.8) is 0 Å². The summed E-state index contributed by atoms with van der Waals surface area (Å²) in [6, 6.07) is 7.09. The summed E-state index contributed by atoms with van der Waals surface area (Å²) in [5.74, 6) is -1.56. The molecule has 5 rings (SSSR count). The Morgan fingerprint density at radius 2 is 1.98 bits per heavy atom. The maximum absolute atomic E-state index is 14.2. The first-order chi connectivity index (χ1) is 19.3. The summed E-state index contributed by atoms with van der Waals surface area (Å²) >= 11 is 0. The number of hydrogen-bond donors (Lipinski definition) is 3. The number of aromatic nitrogens is 4. The van der Waals surface area contributed by atoms with Crippen LogP contribution in [-0.4, -0.2) is 53.6 Å². The first-order valence-corrected chi connectivity index (χ1v) is 14.1. The smallest absolute Gasteiger partial charge is 0.359 e. The number of ketones is 1. The molecule has 15 heteroatoms. The monoisotopic (exact) mass is 590 g/mol. The minimum Gasteiger partial charge on any atom is -0.359 e. The highest BCUT2D eigenvalue weighted by Gasteiger charge is 2.54. The fourth-order valence-electron chi connectivity index (χ4n) is 5.53. The fraction of sp³-hybridized carbons (Fsp3) is 0.346. The summed E-state index contributed by atoms with van der Waals surface area (Å²) in [4.78, 5) is 19.3. The Morgan fingerprint density at radius 1 is 1.24 bits per heavy atom. The number of allylic oxidation sites excluding steroid dienone is 2. The van der Waals surface area contributed by atoms with E-state index in [1.54, 1.807) is 0 Å². The lowest BCUT2D eigenvalue weighted by Crippen LogP contribution is -2.56. The van der Waals surface area contributed by atoms with Crippen molar-refractivity contribution < 1.29 is 26.6 Å². The van der Waals surface area contributed by atoms with Gasteiger partial charge in [-0.05, 0) is 67.2 Å². The molecule has 10 nitrogen and oxygen atoms in total. The van der Waals surface area contributed by atoms with Crippen molar-refractivity contribution in [3.8, 4) is 0 Å². The zero-order valence-electron chi connectivity index (χ0n) is 21.8. The Labute approximate surface area is 233 Å². The van der Waals surface area contributed by atoms with Crippen molar-refractivity contribution in [2.45, 2.75) is 30.5 Å². The van der Waals surface area contributed by atoms with Crippen LogP contribution in [0.4, 0.5) is 23.2 Å². The first kappa shape index (κ1) is 28.5. The molecule has 41 heavy (non-hydrogen) atoms. The van der Waals surface area contributed by atoms with Crippen LogP contribution in [0.15, 0.2) is 65.1 Å². The highest BCUT2D eigenvalue weighted by Crippen LogP contribution is 2.51. The van der Waals surface area contributed by atoms with Crippen molar-refractivity contribution in [3.05, 3.63) is 77.1 Å². The number of carbonyl (C=O) groups excluding carboxylic acids is 1. The van der Waals surface area contributed by atoms with E-state index in [0.29, 0.717) is 23.0 Å². The molecule has 1 fully saturated rings. The van der Waals surface area contributed by atoms with E-state index in [4.69, 9.17) is 10.2 Å². The van der Waals surface area contributed by atoms with E-state index in [-0.39, 0.29) is 37.4 Å². The standard InChI is InChI=1S/C26H26F4N8O2S/c1-37-34-14-23(36-37)41(32,40)38-9-7-17-10-21(35-20-4-2-19(27)3-5-20)16(13-31)12-25(17,15-38)24(39)22-11-18(6-8-33-22)26(28,29)30/h2-6,8,11,13-14,17,31-32,35H,7,9-10,12,15H2,1H3/t17?,25-,41?/m0/s1. The molecule has 216 valence electrons. The number of carbonyl (C=O) groups is 1. The number of anilines is 1. The van der Waals surface area contributed by atoms with Crippen LogP contribution in [0.3, 0.4) is 0 Å². The van der Waals surface area contributed by atoms with Gasteiger partial charge in [-0.25, -0.2) is 17.7 Å². The number of piperidine rings is 1. The average Bonchev–Trinajstić information content (AvgIpc) is 3.40. The molecule has 1 saturated heterocycles. The lowest BCUT2D eigenvalue weighted by atomic mass is 9.60. The minimum absolute atomic E-state index is 0.0755. The molecule has 3 heterocycles. The molecular weight excluding hydrogens is 564 g/mol. The van der Waals surface area contributed by atoms with Gasteiger partial charge in [0.1, 0.15) is 11.5 Å². The maximum Gasteiger partial charge on any atom is 0.416 e. The second kappa shape index (κ2) is 10.4. The van der Waals surface area contributed by atoms with Gasteiger partial charge in [0.15, 0.2) is 20.7 Å². The summed E-state index contributed by atoms with van der Waals surface area (Å²) in [5, 5.41) is 19.1. The number of nitrogens with one attached hydrogen (secondary N) is 3. The molecule has 3 atom stereocenters. The van der Waals surface area contributed by atoms with Crippen LogP contribution in [-0.2, 0) is 23.1 Å². The summed E-state index contributed by atoms with van der Waals surface area (Å²) < 4.78 is 77.7. The number of rotatable bonds is 7. The number of pyridine rings is 1. The van der Waals surface area contributed by atoms with Crippen LogP contribution >= 0.6 is 0 Å². The van der Waals surface area contributed by atoms with Crippen molar-refractivity contribution in [1.82, 2.24) is 24.3 Å². The molecule has 2 aromatic heterocycles. The summed E-state index contributed by atoms with van der Waals surface area (Å²) in [6.07, 6.45) is -1.06. The predicted octanol–water partition coefficient (Wildman–Crippen LogP) is 4.69. The minimum atomic E-state index is -4.70. The highest BCUT2D eigenvalue weighted by molar-refractivity contribution is 7.90. The van der Waals surface area contributed by atoms with Gasteiger partial charge >= 0.3 is 6.18 Å². The van der Waals surface area contributed by atoms with Gasteiger partial charge in [0.25, 0.3) is 0 Å². The average molecular weight is 591 g/mol. The number of halogens is 4. The lowest BCUT2D eigenvalue weighted by Gasteiger charge is -2.50. The van der Waals surface area contributed by atoms with E-state index in [1.807, 2.05) is 0 Å². The SMILES string of the molecule is Cn1ncc(S(=N)(=O)N2CCC3CC(Nc4ccc(F)cc4)=C(C=N)C[C@]3(C(=O)c3cc(C(F)(F)F)ccn3)C2)n1. The molecule has 0 bridgehead atoms. The second-order valence-electron chi connectivity index (χ2n) is 10.1. The number of fused-ring (bicyclic) bond motifs is 1. The van der Waals surface area contributed by atoms with Crippen LogP contribution in [0.5, 0.6) is 0 Å². The third-order valence-corrected chi connectivity index (χ3v) is 9.42. The number of hydrogen-bond acceptors (Lipinski definition) is 8. The number of alkyl halides is 3. The van der Waals surface area contributed by atoms with Gasteiger partial charge in [0.2, 0.25) is 0 Å². The third kappa shape index (κ3) is 5.38. The van der Waals surface area contributed by atoms with Crippen LogP contribution in [0.25, 0.3) is 0 Å². The van der Waals surface area contributed by atoms with Gasteiger partial charge < -0.3 is 10.7 Å². The molecule has 3 aromatic rings. The molecule has 1 aliphatic heterocycles. The molecule has 2 aliphatic rings. The molecule has 0 radical (unpaired) electrons. The molecule has 1 aromatic carbocycles. The number of Topliss-reactive ketones (excluding diaryl/α,β-unsaturated/α-hetero) is 1. The van der Waals surface area contributed by atoms with Crippen LogP contribution in [0.2, 0.25) is 0 Å². The number of benzene rings is 1. The Balaban J connectivity index is 1.58. The van der Waals surface area contributed by atoms with Crippen molar-refractivity contribution in [2.24, 2.45) is 18.4 Å². The molecule has 1 aliphatic carbocycles. The Morgan fingerprint density at radius 3 is 2.61 bits per heavy atom. The van der Waals surface area contributed by atoms with E-state index in [1.165, 1.54) is 41.8 Å². The van der Waals surface area contributed by atoms with Crippen molar-refractivity contribution >= 4 is 27.6 Å². The Kier molecular flexibility index (Phi) is 7.27. The summed E-state index contributed by atoms with van der Waals surface area (Å²) in [6.45, 7) is -0.0765. The summed E-state index contributed by atoms with van der Waals surface area (Å²) in [5.41, 5.74) is -1.29. The van der Waals surface area contributed by atoms with Gasteiger partial charge in [-0.2, -0.15) is 23.1 Å². The van der Waals surface area contributed by atoms with Crippen molar-refractivity contribution in [2.75, 3.05) is 18.4 Å². The van der Waals surface area contributed by atoms with Crippen molar-refractivity contribution in [1.29, 1.82) is 10.2 Å². The fourth-order valence-corrected chi connectivity index (χ4v) is 6.98.